The molecule has 1 rings (SSSR count). The third kappa shape index (κ3) is 4.05. The van der Waals surface area contributed by atoms with E-state index in [9.17, 15) is 19.1 Å². The Bertz CT molecular complexity index is 564. The summed E-state index contributed by atoms with van der Waals surface area (Å²) in [6.45, 7) is 2.54. The fourth-order valence-corrected chi connectivity index (χ4v) is 1.98. The van der Waals surface area contributed by atoms with Crippen molar-refractivity contribution in [3.63, 3.8) is 0 Å². The summed E-state index contributed by atoms with van der Waals surface area (Å²) in [7, 11) is 0. The van der Waals surface area contributed by atoms with Gasteiger partial charge in [-0.05, 0) is 19.9 Å². The SMILES string of the molecule is CCOc1c(C(C)=O)cc(Cl)c(F)c1C(O)CNC(=O)O. The van der Waals surface area contributed by atoms with Crippen molar-refractivity contribution in [1.29, 1.82) is 0 Å². The molecule has 3 N–H and O–H groups in total. The zero-order valence-electron chi connectivity index (χ0n) is 11.4. The molecule has 1 amide bonds. The van der Waals surface area contributed by atoms with Crippen molar-refractivity contribution < 1.29 is 28.9 Å². The maximum atomic E-state index is 14.1. The zero-order chi connectivity index (χ0) is 16.2. The van der Waals surface area contributed by atoms with Gasteiger partial charge in [0, 0.05) is 0 Å². The van der Waals surface area contributed by atoms with E-state index in [-0.39, 0.29) is 28.5 Å². The number of aliphatic hydroxyl groups excluding tert-OH is 1. The highest BCUT2D eigenvalue weighted by molar-refractivity contribution is 6.31. The van der Waals surface area contributed by atoms with Gasteiger partial charge in [0.05, 0.1) is 29.3 Å². The molecule has 8 heteroatoms. The highest BCUT2D eigenvalue weighted by Gasteiger charge is 2.26. The number of rotatable bonds is 6. The molecule has 0 saturated heterocycles. The van der Waals surface area contributed by atoms with Crippen LogP contribution >= 0.6 is 11.6 Å². The molecule has 0 heterocycles. The first-order valence-corrected chi connectivity index (χ1v) is 6.47. The predicted octanol–water partition coefficient (Wildman–Crippen LogP) is 2.38. The van der Waals surface area contributed by atoms with Gasteiger partial charge in [0.25, 0.3) is 0 Å². The Morgan fingerprint density at radius 1 is 1.52 bits per heavy atom. The molecular weight excluding hydrogens is 305 g/mol. The number of ether oxygens (including phenoxy) is 1. The average Bonchev–Trinajstić information content (AvgIpc) is 2.40. The van der Waals surface area contributed by atoms with Crippen LogP contribution in [0.1, 0.15) is 35.9 Å². The van der Waals surface area contributed by atoms with Crippen molar-refractivity contribution in [2.24, 2.45) is 0 Å². The van der Waals surface area contributed by atoms with Gasteiger partial charge in [-0.1, -0.05) is 11.6 Å². The normalized spacial score (nSPS) is 11.9. The summed E-state index contributed by atoms with van der Waals surface area (Å²) < 4.78 is 19.4. The minimum Gasteiger partial charge on any atom is -0.493 e. The fourth-order valence-electron chi connectivity index (χ4n) is 1.77. The molecular formula is C13H15ClFNO5. The first kappa shape index (κ1) is 17.2. The van der Waals surface area contributed by atoms with Crippen LogP contribution in [-0.4, -0.2) is 35.2 Å². The summed E-state index contributed by atoms with van der Waals surface area (Å²) in [4.78, 5) is 22.0. The molecule has 0 aromatic heterocycles. The number of nitrogens with one attached hydrogen (secondary N) is 1. The van der Waals surface area contributed by atoms with E-state index in [1.165, 1.54) is 6.92 Å². The van der Waals surface area contributed by atoms with Crippen LogP contribution in [0.5, 0.6) is 5.75 Å². The Kier molecular flexibility index (Phi) is 5.92. The number of Topliss-reactive ketones (excluding diaryl/α,β-unsaturated/α-hetero) is 1. The Hall–Kier alpha value is -1.86. The molecule has 0 aliphatic heterocycles. The molecule has 0 aliphatic rings. The molecule has 0 saturated carbocycles. The Balaban J connectivity index is 3.38. The van der Waals surface area contributed by atoms with E-state index in [4.69, 9.17) is 21.4 Å². The van der Waals surface area contributed by atoms with Crippen molar-refractivity contribution in [3.05, 3.63) is 28.0 Å². The van der Waals surface area contributed by atoms with E-state index in [1.54, 1.807) is 6.92 Å². The zero-order valence-corrected chi connectivity index (χ0v) is 12.2. The minimum absolute atomic E-state index is 0.0209. The standard InChI is InChI=1S/C13H15ClFNO5/c1-3-21-12-7(6(2)17)4-8(14)11(15)10(12)9(18)5-16-13(19)20/h4,9,16,18H,3,5H2,1-2H3,(H,19,20). The van der Waals surface area contributed by atoms with Crippen molar-refractivity contribution in [2.75, 3.05) is 13.2 Å². The van der Waals surface area contributed by atoms with Gasteiger partial charge in [-0.25, -0.2) is 9.18 Å². The summed E-state index contributed by atoms with van der Waals surface area (Å²) in [5.74, 6) is -1.50. The summed E-state index contributed by atoms with van der Waals surface area (Å²) in [5, 5.41) is 20.1. The molecule has 1 aromatic carbocycles. The number of ketones is 1. The molecule has 0 aliphatic carbocycles. The molecule has 1 aromatic rings. The molecule has 21 heavy (non-hydrogen) atoms. The lowest BCUT2D eigenvalue weighted by molar-refractivity contribution is 0.101. The molecule has 0 fully saturated rings. The third-order valence-electron chi connectivity index (χ3n) is 2.65. The summed E-state index contributed by atoms with van der Waals surface area (Å²) in [6, 6.07) is 1.12. The number of aliphatic hydroxyl groups is 1. The number of hydrogen-bond donors (Lipinski definition) is 3. The molecule has 6 nitrogen and oxygen atoms in total. The largest absolute Gasteiger partial charge is 0.493 e. The lowest BCUT2D eigenvalue weighted by Gasteiger charge is -2.19. The topological polar surface area (TPSA) is 95.9 Å². The van der Waals surface area contributed by atoms with Gasteiger partial charge >= 0.3 is 6.09 Å². The summed E-state index contributed by atoms with van der Waals surface area (Å²) >= 11 is 5.71. The lowest BCUT2D eigenvalue weighted by Crippen LogP contribution is -2.27. The van der Waals surface area contributed by atoms with E-state index >= 15 is 0 Å². The number of carbonyl (C=O) groups excluding carboxylic acids is 1. The van der Waals surface area contributed by atoms with Gasteiger partial charge in [0.1, 0.15) is 11.9 Å². The maximum absolute atomic E-state index is 14.1. The lowest BCUT2D eigenvalue weighted by atomic mass is 10.0. The van der Waals surface area contributed by atoms with Crippen LogP contribution in [0.15, 0.2) is 6.07 Å². The van der Waals surface area contributed by atoms with Crippen LogP contribution in [0, 0.1) is 5.82 Å². The van der Waals surface area contributed by atoms with Crippen LogP contribution in [-0.2, 0) is 0 Å². The van der Waals surface area contributed by atoms with Crippen LogP contribution in [0.25, 0.3) is 0 Å². The number of carbonyl (C=O) groups is 2. The molecule has 0 radical (unpaired) electrons. The Morgan fingerprint density at radius 3 is 2.62 bits per heavy atom. The van der Waals surface area contributed by atoms with Crippen LogP contribution in [0.3, 0.4) is 0 Å². The van der Waals surface area contributed by atoms with Crippen molar-refractivity contribution in [2.45, 2.75) is 20.0 Å². The average molecular weight is 320 g/mol. The van der Waals surface area contributed by atoms with Gasteiger partial charge in [-0.3, -0.25) is 4.79 Å². The summed E-state index contributed by atoms with van der Waals surface area (Å²) in [5.41, 5.74) is -0.323. The molecule has 1 atom stereocenters. The fraction of sp³-hybridized carbons (Fsp3) is 0.385. The van der Waals surface area contributed by atoms with E-state index in [0.717, 1.165) is 6.07 Å². The van der Waals surface area contributed by atoms with Crippen molar-refractivity contribution in [1.82, 2.24) is 5.32 Å². The molecule has 0 bridgehead atoms. The molecule has 116 valence electrons. The second kappa shape index (κ2) is 7.24. The Labute approximate surface area is 125 Å². The minimum atomic E-state index is -1.54. The quantitative estimate of drug-likeness (QED) is 0.700. The van der Waals surface area contributed by atoms with Gasteiger partial charge in [0.15, 0.2) is 11.6 Å². The van der Waals surface area contributed by atoms with Gasteiger partial charge < -0.3 is 20.3 Å². The van der Waals surface area contributed by atoms with E-state index in [0.29, 0.717) is 0 Å². The van der Waals surface area contributed by atoms with Gasteiger partial charge in [-0.15, -0.1) is 0 Å². The maximum Gasteiger partial charge on any atom is 0.404 e. The first-order chi connectivity index (χ1) is 9.79. The number of halogens is 2. The number of benzene rings is 1. The molecule has 1 unspecified atom stereocenters. The van der Waals surface area contributed by atoms with Gasteiger partial charge in [0.2, 0.25) is 0 Å². The third-order valence-corrected chi connectivity index (χ3v) is 2.93. The summed E-state index contributed by atoms with van der Waals surface area (Å²) in [6.07, 6.45) is -2.92. The second-order valence-electron chi connectivity index (χ2n) is 4.15. The Morgan fingerprint density at radius 2 is 2.14 bits per heavy atom. The highest BCUT2D eigenvalue weighted by atomic mass is 35.5. The van der Waals surface area contributed by atoms with E-state index < -0.39 is 30.3 Å². The highest BCUT2D eigenvalue weighted by Crippen LogP contribution is 2.36. The van der Waals surface area contributed by atoms with Crippen molar-refractivity contribution >= 4 is 23.5 Å². The molecule has 0 spiro atoms. The number of carboxylic acid groups (broad SMARTS) is 1. The first-order valence-electron chi connectivity index (χ1n) is 6.10. The monoisotopic (exact) mass is 319 g/mol. The van der Waals surface area contributed by atoms with E-state index in [1.807, 2.05) is 5.32 Å². The van der Waals surface area contributed by atoms with E-state index in [2.05, 4.69) is 0 Å². The number of hydrogen-bond acceptors (Lipinski definition) is 4. The van der Waals surface area contributed by atoms with Gasteiger partial charge in [-0.2, -0.15) is 0 Å². The van der Waals surface area contributed by atoms with Crippen LogP contribution < -0.4 is 10.1 Å². The smallest absolute Gasteiger partial charge is 0.404 e. The number of amides is 1. The second-order valence-corrected chi connectivity index (χ2v) is 4.56. The van der Waals surface area contributed by atoms with Crippen molar-refractivity contribution in [3.8, 4) is 5.75 Å². The van der Waals surface area contributed by atoms with Crippen LogP contribution in [0.4, 0.5) is 9.18 Å². The predicted molar refractivity (Wildman–Crippen MR) is 73.6 cm³/mol. The van der Waals surface area contributed by atoms with Crippen LogP contribution in [0.2, 0.25) is 5.02 Å².